The molecular weight excluding hydrogens is 208 g/mol. The number of unbranched alkanes of at least 4 members (excludes halogenated alkanes) is 1. The summed E-state index contributed by atoms with van der Waals surface area (Å²) in [5, 5.41) is 0. The summed E-state index contributed by atoms with van der Waals surface area (Å²) in [4.78, 5) is 26.6. The number of aromatic nitrogens is 2. The van der Waals surface area contributed by atoms with E-state index in [1.165, 1.54) is 10.6 Å². The van der Waals surface area contributed by atoms with Crippen molar-refractivity contribution in [2.24, 2.45) is 0 Å². The molecular formula is C10H18N4O2. The van der Waals surface area contributed by atoms with Gasteiger partial charge in [0.25, 0.3) is 5.56 Å². The van der Waals surface area contributed by atoms with Crippen molar-refractivity contribution in [3.63, 3.8) is 0 Å². The predicted octanol–water partition coefficient (Wildman–Crippen LogP) is -0.539. The molecule has 0 amide bonds. The van der Waals surface area contributed by atoms with Gasteiger partial charge in [-0.05, 0) is 33.5 Å². The average Bonchev–Trinajstić information content (AvgIpc) is 2.14. The molecule has 1 rings (SSSR count). The maximum absolute atomic E-state index is 11.4. The average molecular weight is 226 g/mol. The molecule has 6 heteroatoms. The molecule has 0 aliphatic heterocycles. The number of hydrogen-bond acceptors (Lipinski definition) is 4. The minimum atomic E-state index is -0.452. The summed E-state index contributed by atoms with van der Waals surface area (Å²) in [6.07, 6.45) is 1.84. The number of nitrogens with zero attached hydrogens (tertiary/aromatic N) is 2. The largest absolute Gasteiger partial charge is 0.385 e. The Hall–Kier alpha value is -1.56. The van der Waals surface area contributed by atoms with Crippen molar-refractivity contribution >= 4 is 5.82 Å². The zero-order chi connectivity index (χ0) is 12.1. The van der Waals surface area contributed by atoms with Gasteiger partial charge in [0.05, 0.1) is 0 Å². The van der Waals surface area contributed by atoms with Crippen LogP contribution in [0.1, 0.15) is 12.8 Å². The Bertz CT molecular complexity index is 447. The summed E-state index contributed by atoms with van der Waals surface area (Å²) in [5.41, 5.74) is 4.71. The van der Waals surface area contributed by atoms with Gasteiger partial charge in [0.1, 0.15) is 5.82 Å². The smallest absolute Gasteiger partial charge is 0.329 e. The molecule has 1 heterocycles. The Kier molecular flexibility index (Phi) is 4.30. The van der Waals surface area contributed by atoms with Crippen LogP contribution in [-0.2, 0) is 6.54 Å². The second kappa shape index (κ2) is 5.50. The first-order chi connectivity index (χ1) is 7.50. The number of H-pyrrole nitrogens is 1. The van der Waals surface area contributed by atoms with Crippen LogP contribution >= 0.6 is 0 Å². The van der Waals surface area contributed by atoms with Gasteiger partial charge in [-0.15, -0.1) is 0 Å². The summed E-state index contributed by atoms with van der Waals surface area (Å²) in [6, 6.07) is 1.23. The standard InChI is InChI=1S/C10H18N4O2/c1-13(2)5-3-4-6-14-8(11)7-9(15)12-10(14)16/h7H,3-6,11H2,1-2H3,(H,12,15,16). The van der Waals surface area contributed by atoms with Crippen molar-refractivity contribution in [1.29, 1.82) is 0 Å². The first kappa shape index (κ1) is 12.5. The highest BCUT2D eigenvalue weighted by atomic mass is 16.2. The number of nitrogens with one attached hydrogen (secondary N) is 1. The second-order valence-corrected chi connectivity index (χ2v) is 4.03. The molecule has 0 aliphatic carbocycles. The van der Waals surface area contributed by atoms with E-state index in [0.717, 1.165) is 19.4 Å². The van der Waals surface area contributed by atoms with Gasteiger partial charge in [-0.25, -0.2) is 4.79 Å². The molecule has 0 radical (unpaired) electrons. The third-order valence-corrected chi connectivity index (χ3v) is 2.30. The molecule has 1 aromatic heterocycles. The van der Waals surface area contributed by atoms with Crippen LogP contribution < -0.4 is 17.0 Å². The van der Waals surface area contributed by atoms with E-state index in [4.69, 9.17) is 5.73 Å². The van der Waals surface area contributed by atoms with Gasteiger partial charge >= 0.3 is 5.69 Å². The van der Waals surface area contributed by atoms with E-state index < -0.39 is 11.2 Å². The molecule has 0 spiro atoms. The number of rotatable bonds is 5. The summed E-state index contributed by atoms with van der Waals surface area (Å²) in [7, 11) is 4.00. The molecule has 90 valence electrons. The van der Waals surface area contributed by atoms with Gasteiger partial charge in [-0.2, -0.15) is 0 Å². The lowest BCUT2D eigenvalue weighted by Crippen LogP contribution is -2.31. The number of aromatic amines is 1. The van der Waals surface area contributed by atoms with Crippen LogP contribution in [0.3, 0.4) is 0 Å². The lowest BCUT2D eigenvalue weighted by atomic mass is 10.3. The highest BCUT2D eigenvalue weighted by Crippen LogP contribution is 1.98. The Morgan fingerprint density at radius 1 is 1.38 bits per heavy atom. The Balaban J connectivity index is 2.61. The van der Waals surface area contributed by atoms with Crippen LogP contribution in [-0.4, -0.2) is 35.1 Å². The number of nitrogens with two attached hydrogens (primary N) is 1. The van der Waals surface area contributed by atoms with Crippen molar-refractivity contribution in [3.8, 4) is 0 Å². The fraction of sp³-hybridized carbons (Fsp3) is 0.600. The summed E-state index contributed by atoms with van der Waals surface area (Å²) in [5.74, 6) is 0.221. The van der Waals surface area contributed by atoms with E-state index >= 15 is 0 Å². The van der Waals surface area contributed by atoms with Crippen molar-refractivity contribution in [2.75, 3.05) is 26.4 Å². The minimum absolute atomic E-state index is 0.221. The normalized spacial score (nSPS) is 10.9. The molecule has 0 aliphatic rings. The minimum Gasteiger partial charge on any atom is -0.385 e. The molecule has 0 aromatic carbocycles. The van der Waals surface area contributed by atoms with Gasteiger partial charge < -0.3 is 10.6 Å². The number of nitrogen functional groups attached to an aromatic ring is 1. The molecule has 0 saturated carbocycles. The molecule has 16 heavy (non-hydrogen) atoms. The van der Waals surface area contributed by atoms with Crippen LogP contribution in [0.25, 0.3) is 0 Å². The molecule has 1 aromatic rings. The van der Waals surface area contributed by atoms with E-state index in [1.54, 1.807) is 0 Å². The van der Waals surface area contributed by atoms with Crippen LogP contribution in [0.2, 0.25) is 0 Å². The Morgan fingerprint density at radius 3 is 2.62 bits per heavy atom. The highest BCUT2D eigenvalue weighted by molar-refractivity contribution is 5.25. The van der Waals surface area contributed by atoms with E-state index in [-0.39, 0.29) is 5.82 Å². The lowest BCUT2D eigenvalue weighted by Gasteiger charge is -2.10. The van der Waals surface area contributed by atoms with E-state index in [0.29, 0.717) is 6.54 Å². The third kappa shape index (κ3) is 3.54. The summed E-state index contributed by atoms with van der Waals surface area (Å²) >= 11 is 0. The van der Waals surface area contributed by atoms with Crippen molar-refractivity contribution in [2.45, 2.75) is 19.4 Å². The van der Waals surface area contributed by atoms with Crippen LogP contribution in [0.5, 0.6) is 0 Å². The quantitative estimate of drug-likeness (QED) is 0.660. The van der Waals surface area contributed by atoms with Gasteiger partial charge in [0.2, 0.25) is 0 Å². The van der Waals surface area contributed by atoms with Crippen molar-refractivity contribution in [3.05, 3.63) is 26.9 Å². The molecule has 0 saturated heterocycles. The predicted molar refractivity (Wildman–Crippen MR) is 63.5 cm³/mol. The number of anilines is 1. The first-order valence-corrected chi connectivity index (χ1v) is 5.25. The molecule has 3 N–H and O–H groups in total. The van der Waals surface area contributed by atoms with Crippen molar-refractivity contribution in [1.82, 2.24) is 14.5 Å². The topological polar surface area (TPSA) is 84.1 Å². The van der Waals surface area contributed by atoms with Crippen LogP contribution in [0, 0.1) is 0 Å². The zero-order valence-corrected chi connectivity index (χ0v) is 9.69. The molecule has 6 nitrogen and oxygen atoms in total. The van der Waals surface area contributed by atoms with E-state index in [1.807, 2.05) is 14.1 Å². The monoisotopic (exact) mass is 226 g/mol. The highest BCUT2D eigenvalue weighted by Gasteiger charge is 2.02. The lowest BCUT2D eigenvalue weighted by molar-refractivity contribution is 0.387. The number of hydrogen-bond donors (Lipinski definition) is 2. The van der Waals surface area contributed by atoms with E-state index in [9.17, 15) is 9.59 Å². The fourth-order valence-electron chi connectivity index (χ4n) is 1.47. The SMILES string of the molecule is CN(C)CCCCn1c(N)cc(=O)[nH]c1=O. The Labute approximate surface area is 93.7 Å². The van der Waals surface area contributed by atoms with E-state index in [2.05, 4.69) is 9.88 Å². The molecule has 0 atom stereocenters. The van der Waals surface area contributed by atoms with Crippen LogP contribution in [0.15, 0.2) is 15.7 Å². The second-order valence-electron chi connectivity index (χ2n) is 4.03. The molecule has 0 fully saturated rings. The maximum atomic E-state index is 11.4. The van der Waals surface area contributed by atoms with Crippen molar-refractivity contribution < 1.29 is 0 Å². The maximum Gasteiger partial charge on any atom is 0.329 e. The van der Waals surface area contributed by atoms with Crippen LogP contribution in [0.4, 0.5) is 5.82 Å². The summed E-state index contributed by atoms with van der Waals surface area (Å²) < 4.78 is 1.39. The zero-order valence-electron chi connectivity index (χ0n) is 9.69. The van der Waals surface area contributed by atoms with Gasteiger partial charge in [-0.1, -0.05) is 0 Å². The third-order valence-electron chi connectivity index (χ3n) is 2.30. The summed E-state index contributed by atoms with van der Waals surface area (Å²) in [6.45, 7) is 1.51. The first-order valence-electron chi connectivity index (χ1n) is 5.25. The Morgan fingerprint density at radius 2 is 2.06 bits per heavy atom. The fourth-order valence-corrected chi connectivity index (χ4v) is 1.47. The molecule has 0 bridgehead atoms. The van der Waals surface area contributed by atoms with Gasteiger partial charge in [0, 0.05) is 12.6 Å². The van der Waals surface area contributed by atoms with Gasteiger partial charge in [-0.3, -0.25) is 14.3 Å². The molecule has 0 unspecified atom stereocenters. The van der Waals surface area contributed by atoms with Gasteiger partial charge in [0.15, 0.2) is 0 Å².